The van der Waals surface area contributed by atoms with Crippen LogP contribution in [0.25, 0.3) is 22.3 Å². The lowest BCUT2D eigenvalue weighted by atomic mass is 9.33. The number of rotatable bonds is 4. The fraction of sp³-hybridized carbons (Fsp3) is 0.373. The van der Waals surface area contributed by atoms with E-state index in [2.05, 4.69) is 261 Å². The molecule has 0 unspecified atom stereocenters. The molecular formula is C67H77BN2. The molecule has 3 heteroatoms. The van der Waals surface area contributed by atoms with E-state index in [0.29, 0.717) is 0 Å². The molecule has 0 N–H and O–H groups in total. The van der Waals surface area contributed by atoms with E-state index >= 15 is 0 Å². The molecule has 10 rings (SSSR count). The van der Waals surface area contributed by atoms with E-state index in [4.69, 9.17) is 0 Å². The highest BCUT2D eigenvalue weighted by molar-refractivity contribution is 7.00. The highest BCUT2D eigenvalue weighted by Gasteiger charge is 2.47. The van der Waals surface area contributed by atoms with Crippen LogP contribution in [-0.4, -0.2) is 6.71 Å². The third-order valence-corrected chi connectivity index (χ3v) is 16.4. The minimum Gasteiger partial charge on any atom is -0.311 e. The second kappa shape index (κ2) is 16.1. The zero-order valence-electron chi connectivity index (χ0n) is 45.6. The molecule has 0 fully saturated rings. The quantitative estimate of drug-likeness (QED) is 0.162. The predicted molar refractivity (Wildman–Crippen MR) is 306 cm³/mol. The molecule has 358 valence electrons. The predicted octanol–water partition coefficient (Wildman–Crippen LogP) is 17.0. The summed E-state index contributed by atoms with van der Waals surface area (Å²) in [5, 5.41) is 0. The van der Waals surface area contributed by atoms with Crippen LogP contribution < -0.4 is 26.2 Å². The van der Waals surface area contributed by atoms with Crippen LogP contribution in [0.3, 0.4) is 0 Å². The van der Waals surface area contributed by atoms with Crippen molar-refractivity contribution in [2.45, 2.75) is 163 Å². The van der Waals surface area contributed by atoms with E-state index in [1.807, 2.05) is 0 Å². The first-order valence-electron chi connectivity index (χ1n) is 26.2. The number of hydrogen-bond donors (Lipinski definition) is 0. The van der Waals surface area contributed by atoms with Crippen molar-refractivity contribution in [3.05, 3.63) is 172 Å². The van der Waals surface area contributed by atoms with Gasteiger partial charge in [-0.1, -0.05) is 196 Å². The molecule has 2 aliphatic heterocycles. The van der Waals surface area contributed by atoms with Crippen molar-refractivity contribution in [2.75, 3.05) is 9.80 Å². The van der Waals surface area contributed by atoms with Crippen LogP contribution in [0.15, 0.2) is 133 Å². The Morgan fingerprint density at radius 1 is 0.386 bits per heavy atom. The Hall–Kier alpha value is -5.80. The lowest BCUT2D eigenvalue weighted by Gasteiger charge is -2.48. The lowest BCUT2D eigenvalue weighted by Crippen LogP contribution is -2.62. The van der Waals surface area contributed by atoms with Crippen LogP contribution >= 0.6 is 0 Å². The molecule has 7 aromatic rings. The van der Waals surface area contributed by atoms with Crippen molar-refractivity contribution in [3.63, 3.8) is 0 Å². The molecule has 70 heavy (non-hydrogen) atoms. The average molecular weight is 921 g/mol. The van der Waals surface area contributed by atoms with Crippen LogP contribution in [0.5, 0.6) is 0 Å². The first-order chi connectivity index (χ1) is 32.6. The molecule has 0 bridgehead atoms. The largest absolute Gasteiger partial charge is 0.311 e. The second-order valence-corrected chi connectivity index (χ2v) is 26.8. The van der Waals surface area contributed by atoms with Gasteiger partial charge in [0.2, 0.25) is 0 Å². The van der Waals surface area contributed by atoms with Gasteiger partial charge in [-0.15, -0.1) is 0 Å². The molecule has 0 spiro atoms. The monoisotopic (exact) mass is 921 g/mol. The minimum absolute atomic E-state index is 0.0227. The van der Waals surface area contributed by atoms with Crippen molar-refractivity contribution in [1.82, 2.24) is 0 Å². The fourth-order valence-electron chi connectivity index (χ4n) is 11.7. The maximum atomic E-state index is 2.69. The Morgan fingerprint density at radius 2 is 0.800 bits per heavy atom. The van der Waals surface area contributed by atoms with Crippen LogP contribution in [0, 0.1) is 6.92 Å². The van der Waals surface area contributed by atoms with E-state index in [1.165, 1.54) is 118 Å². The smallest absolute Gasteiger partial charge is 0.252 e. The van der Waals surface area contributed by atoms with Crippen LogP contribution in [0.4, 0.5) is 34.1 Å². The van der Waals surface area contributed by atoms with Gasteiger partial charge in [0.15, 0.2) is 0 Å². The molecule has 0 radical (unpaired) electrons. The van der Waals surface area contributed by atoms with Gasteiger partial charge in [-0.25, -0.2) is 0 Å². The van der Waals surface area contributed by atoms with E-state index in [9.17, 15) is 0 Å². The van der Waals surface area contributed by atoms with Gasteiger partial charge >= 0.3 is 0 Å². The summed E-state index contributed by atoms with van der Waals surface area (Å²) in [6, 6.07) is 53.0. The van der Waals surface area contributed by atoms with Gasteiger partial charge in [0.1, 0.15) is 0 Å². The number of hydrogen-bond acceptors (Lipinski definition) is 2. The number of benzene rings is 7. The zero-order valence-corrected chi connectivity index (χ0v) is 45.6. The Kier molecular flexibility index (Phi) is 11.0. The number of anilines is 6. The van der Waals surface area contributed by atoms with Gasteiger partial charge in [0, 0.05) is 34.0 Å². The summed E-state index contributed by atoms with van der Waals surface area (Å²) in [7, 11) is 0. The molecule has 0 saturated heterocycles. The Labute approximate surface area is 422 Å². The summed E-state index contributed by atoms with van der Waals surface area (Å²) >= 11 is 0. The van der Waals surface area contributed by atoms with Crippen LogP contribution in [0.2, 0.25) is 0 Å². The van der Waals surface area contributed by atoms with Crippen LogP contribution in [0.1, 0.15) is 163 Å². The molecular weight excluding hydrogens is 844 g/mol. The maximum absolute atomic E-state index is 2.69. The lowest BCUT2D eigenvalue weighted by molar-refractivity contribution is 0.332. The van der Waals surface area contributed by atoms with E-state index in [0.717, 1.165) is 6.42 Å². The Bertz CT molecular complexity index is 3170. The standard InChI is InChI=1S/C67H77BN2/c1-42-36-59-61-60(37-42)70(56-32-28-48(64(8,9)10)38-51(56)45-20-18-43(19-21-45)44-22-24-46(25-23-44)62(2,3)4)58-41-53-52(66(14,15)34-35-67(53,16)17)40-55(58)68(61)54-39-49(65(11,12)13)29-33-57(54)69(59)50-30-26-47(27-31-50)63(5,6)7/h18-33,36-41H,34-35H2,1-17H3. The van der Waals surface area contributed by atoms with E-state index in [-0.39, 0.29) is 39.2 Å². The molecule has 1 aliphatic carbocycles. The SMILES string of the molecule is Cc1cc2c3c(c1)N(c1ccc(C(C)(C)C)cc1-c1ccc(-c4ccc(C(C)(C)C)cc4)cc1)c1cc4c(cc1B3c1cc(C(C)(C)C)ccc1N2c1ccc(C(C)(C)C)cc1)C(C)(C)CCC4(C)C. The highest BCUT2D eigenvalue weighted by Crippen LogP contribution is 2.52. The van der Waals surface area contributed by atoms with Crippen molar-refractivity contribution in [3.8, 4) is 22.3 Å². The maximum Gasteiger partial charge on any atom is 0.252 e. The molecule has 0 aromatic heterocycles. The fourth-order valence-corrected chi connectivity index (χ4v) is 11.7. The molecule has 7 aromatic carbocycles. The van der Waals surface area contributed by atoms with Crippen molar-refractivity contribution >= 4 is 57.2 Å². The van der Waals surface area contributed by atoms with Gasteiger partial charge < -0.3 is 9.80 Å². The summed E-state index contributed by atoms with van der Waals surface area (Å²) in [4.78, 5) is 5.28. The van der Waals surface area contributed by atoms with Gasteiger partial charge in [0.05, 0.1) is 5.69 Å². The number of fused-ring (bicyclic) bond motifs is 5. The van der Waals surface area contributed by atoms with Gasteiger partial charge in [-0.05, 0) is 173 Å². The van der Waals surface area contributed by atoms with Gasteiger partial charge in [-0.2, -0.15) is 0 Å². The second-order valence-electron chi connectivity index (χ2n) is 26.8. The van der Waals surface area contributed by atoms with Crippen molar-refractivity contribution in [1.29, 1.82) is 0 Å². The molecule has 0 atom stereocenters. The molecule has 3 aliphatic rings. The third-order valence-electron chi connectivity index (χ3n) is 16.4. The van der Waals surface area contributed by atoms with Crippen molar-refractivity contribution in [2.24, 2.45) is 0 Å². The molecule has 0 amide bonds. The Morgan fingerprint density at radius 3 is 1.33 bits per heavy atom. The first kappa shape index (κ1) is 47.9. The summed E-state index contributed by atoms with van der Waals surface area (Å²) in [6.45, 7) is 40.2. The number of aryl methyl sites for hydroxylation is 1. The van der Waals surface area contributed by atoms with E-state index < -0.39 is 0 Å². The molecule has 2 heterocycles. The minimum atomic E-state index is -0.0401. The summed E-state index contributed by atoms with van der Waals surface area (Å²) < 4.78 is 0. The topological polar surface area (TPSA) is 6.48 Å². The highest BCUT2D eigenvalue weighted by atomic mass is 15.2. The van der Waals surface area contributed by atoms with Gasteiger partial charge in [-0.3, -0.25) is 0 Å². The Balaban J connectivity index is 1.27. The first-order valence-corrected chi connectivity index (χ1v) is 26.2. The summed E-state index contributed by atoms with van der Waals surface area (Å²) in [5.74, 6) is 0. The summed E-state index contributed by atoms with van der Waals surface area (Å²) in [6.07, 6.45) is 2.33. The average Bonchev–Trinajstić information content (AvgIpc) is 3.28. The zero-order chi connectivity index (χ0) is 50.2. The van der Waals surface area contributed by atoms with E-state index in [1.54, 1.807) is 0 Å². The third kappa shape index (κ3) is 8.14. The normalized spacial score (nSPS) is 16.1. The summed E-state index contributed by atoms with van der Waals surface area (Å²) in [5.41, 5.74) is 26.4. The molecule has 2 nitrogen and oxygen atoms in total. The van der Waals surface area contributed by atoms with Crippen molar-refractivity contribution < 1.29 is 0 Å². The number of nitrogens with zero attached hydrogens (tertiary/aromatic N) is 2. The van der Waals surface area contributed by atoms with Gasteiger partial charge in [0.25, 0.3) is 6.71 Å². The van der Waals surface area contributed by atoms with Crippen LogP contribution in [-0.2, 0) is 32.5 Å². The molecule has 0 saturated carbocycles.